The van der Waals surface area contributed by atoms with E-state index in [2.05, 4.69) is 24.5 Å². The van der Waals surface area contributed by atoms with E-state index in [-0.39, 0.29) is 11.1 Å². The molecular formula is C21H21ClN2O2S. The second-order valence-electron chi connectivity index (χ2n) is 7.10. The van der Waals surface area contributed by atoms with Crippen molar-refractivity contribution >= 4 is 46.3 Å². The third kappa shape index (κ3) is 3.23. The Morgan fingerprint density at radius 1 is 1.15 bits per heavy atom. The Morgan fingerprint density at radius 2 is 1.85 bits per heavy atom. The van der Waals surface area contributed by atoms with E-state index in [1.807, 2.05) is 6.08 Å². The highest BCUT2D eigenvalue weighted by Gasteiger charge is 2.37. The molecule has 4 rings (SSSR count). The molecule has 140 valence electrons. The summed E-state index contributed by atoms with van der Waals surface area (Å²) in [7, 11) is 0. The van der Waals surface area contributed by atoms with Crippen molar-refractivity contribution in [2.24, 2.45) is 0 Å². The average molecular weight is 401 g/mol. The smallest absolute Gasteiger partial charge is 0.298 e. The lowest BCUT2D eigenvalue weighted by Gasteiger charge is -2.17. The maximum Gasteiger partial charge on any atom is 0.298 e. The quantitative estimate of drug-likeness (QED) is 0.583. The van der Waals surface area contributed by atoms with Gasteiger partial charge in [0.1, 0.15) is 0 Å². The van der Waals surface area contributed by atoms with Crippen LogP contribution in [-0.4, -0.2) is 15.7 Å². The lowest BCUT2D eigenvalue weighted by molar-refractivity contribution is -0.113. The molecule has 0 bridgehead atoms. The molecule has 1 saturated carbocycles. The van der Waals surface area contributed by atoms with Gasteiger partial charge in [0.25, 0.3) is 11.1 Å². The fraction of sp³-hybridized carbons (Fsp3) is 0.333. The van der Waals surface area contributed by atoms with E-state index < -0.39 is 0 Å². The molecule has 1 aliphatic carbocycles. The number of nitrogens with zero attached hydrogens (tertiary/aromatic N) is 2. The molecule has 1 aromatic heterocycles. The van der Waals surface area contributed by atoms with Crippen LogP contribution in [0.3, 0.4) is 0 Å². The SMILES string of the molecule is Cc1cc(/C=C2\SC(=O)N(c3ccccc3Cl)C2=O)c(C)n1C1CCCC1. The maximum atomic E-state index is 12.9. The highest BCUT2D eigenvalue weighted by atomic mass is 35.5. The molecule has 4 nitrogen and oxygen atoms in total. The Balaban J connectivity index is 1.68. The summed E-state index contributed by atoms with van der Waals surface area (Å²) in [6, 6.07) is 9.57. The van der Waals surface area contributed by atoms with E-state index in [4.69, 9.17) is 11.6 Å². The van der Waals surface area contributed by atoms with Crippen LogP contribution in [0.15, 0.2) is 35.2 Å². The molecule has 27 heavy (non-hydrogen) atoms. The standard InChI is InChI=1S/C21H21ClN2O2S/c1-13-11-15(14(2)23(13)16-7-3-4-8-16)12-19-20(25)24(21(26)27-19)18-10-6-5-9-17(18)22/h5-6,9-12,16H,3-4,7-8H2,1-2H3/b19-12-. The Bertz CT molecular complexity index is 957. The van der Waals surface area contributed by atoms with Gasteiger partial charge in [0.15, 0.2) is 0 Å². The highest BCUT2D eigenvalue weighted by Crippen LogP contribution is 2.39. The normalized spacial score (nSPS) is 19.7. The number of imide groups is 1. The zero-order valence-corrected chi connectivity index (χ0v) is 16.9. The van der Waals surface area contributed by atoms with Gasteiger partial charge in [-0.3, -0.25) is 9.59 Å². The number of hydrogen-bond acceptors (Lipinski definition) is 3. The molecule has 1 saturated heterocycles. The predicted octanol–water partition coefficient (Wildman–Crippen LogP) is 6.11. The van der Waals surface area contributed by atoms with E-state index in [0.29, 0.717) is 21.7 Å². The second kappa shape index (κ2) is 7.21. The zero-order chi connectivity index (χ0) is 19.1. The molecule has 2 aliphatic rings. The fourth-order valence-corrected chi connectivity index (χ4v) is 5.17. The fourth-order valence-electron chi connectivity index (χ4n) is 4.12. The second-order valence-corrected chi connectivity index (χ2v) is 8.50. The number of thioether (sulfide) groups is 1. The number of carbonyl (C=O) groups is 2. The van der Waals surface area contributed by atoms with Crippen molar-refractivity contribution in [1.82, 2.24) is 4.57 Å². The summed E-state index contributed by atoms with van der Waals surface area (Å²) >= 11 is 7.15. The molecule has 0 spiro atoms. The van der Waals surface area contributed by atoms with Gasteiger partial charge in [-0.25, -0.2) is 4.90 Å². The van der Waals surface area contributed by atoms with Crippen LogP contribution in [0.2, 0.25) is 5.02 Å². The van der Waals surface area contributed by atoms with Crippen LogP contribution < -0.4 is 4.90 Å². The Morgan fingerprint density at radius 3 is 2.56 bits per heavy atom. The van der Waals surface area contributed by atoms with Crippen LogP contribution in [0.1, 0.15) is 48.7 Å². The summed E-state index contributed by atoms with van der Waals surface area (Å²) in [6.45, 7) is 4.20. The van der Waals surface area contributed by atoms with Crippen LogP contribution in [-0.2, 0) is 4.79 Å². The number of rotatable bonds is 3. The van der Waals surface area contributed by atoms with Crippen molar-refractivity contribution in [3.8, 4) is 0 Å². The average Bonchev–Trinajstić information content (AvgIpc) is 3.30. The lowest BCUT2D eigenvalue weighted by atomic mass is 10.2. The van der Waals surface area contributed by atoms with Crippen molar-refractivity contribution in [2.75, 3.05) is 4.90 Å². The number of amides is 2. The van der Waals surface area contributed by atoms with Crippen molar-refractivity contribution in [1.29, 1.82) is 0 Å². The van der Waals surface area contributed by atoms with Crippen molar-refractivity contribution in [3.05, 3.63) is 57.2 Å². The van der Waals surface area contributed by atoms with E-state index >= 15 is 0 Å². The summed E-state index contributed by atoms with van der Waals surface area (Å²) in [5.41, 5.74) is 3.80. The van der Waals surface area contributed by atoms with E-state index in [1.54, 1.807) is 24.3 Å². The van der Waals surface area contributed by atoms with Crippen molar-refractivity contribution in [2.45, 2.75) is 45.6 Å². The molecule has 6 heteroatoms. The first-order valence-electron chi connectivity index (χ1n) is 9.18. The highest BCUT2D eigenvalue weighted by molar-refractivity contribution is 8.19. The van der Waals surface area contributed by atoms with Crippen LogP contribution in [0, 0.1) is 13.8 Å². The van der Waals surface area contributed by atoms with E-state index in [9.17, 15) is 9.59 Å². The maximum absolute atomic E-state index is 12.9. The summed E-state index contributed by atoms with van der Waals surface area (Å²) in [5.74, 6) is -0.316. The van der Waals surface area contributed by atoms with Gasteiger partial charge in [0.2, 0.25) is 0 Å². The number of para-hydroxylation sites is 1. The first kappa shape index (κ1) is 18.4. The van der Waals surface area contributed by atoms with Gasteiger partial charge in [-0.05, 0) is 68.3 Å². The molecule has 0 radical (unpaired) electrons. The third-order valence-corrected chi connectivity index (χ3v) is 6.58. The number of carbonyl (C=O) groups excluding carboxylic acids is 2. The first-order chi connectivity index (χ1) is 13.0. The summed E-state index contributed by atoms with van der Waals surface area (Å²) in [5, 5.41) is 0.0735. The molecule has 0 atom stereocenters. The molecule has 0 unspecified atom stereocenters. The molecule has 2 fully saturated rings. The largest absolute Gasteiger partial charge is 0.346 e. The van der Waals surface area contributed by atoms with Crippen molar-refractivity contribution < 1.29 is 9.59 Å². The minimum absolute atomic E-state index is 0.316. The summed E-state index contributed by atoms with van der Waals surface area (Å²) in [6.07, 6.45) is 6.80. The van der Waals surface area contributed by atoms with E-state index in [0.717, 1.165) is 27.9 Å². The molecule has 2 aromatic rings. The predicted molar refractivity (Wildman–Crippen MR) is 111 cm³/mol. The number of hydrogen-bond donors (Lipinski definition) is 0. The molecule has 0 N–H and O–H groups in total. The number of aromatic nitrogens is 1. The van der Waals surface area contributed by atoms with Gasteiger partial charge in [-0.15, -0.1) is 0 Å². The Labute approximate surface area is 168 Å². The minimum Gasteiger partial charge on any atom is -0.346 e. The van der Waals surface area contributed by atoms with Crippen LogP contribution in [0.5, 0.6) is 0 Å². The van der Waals surface area contributed by atoms with Gasteiger partial charge in [-0.2, -0.15) is 0 Å². The first-order valence-corrected chi connectivity index (χ1v) is 10.4. The van der Waals surface area contributed by atoms with Crippen LogP contribution >= 0.6 is 23.4 Å². The van der Waals surface area contributed by atoms with Gasteiger partial charge in [0.05, 0.1) is 15.6 Å². The van der Waals surface area contributed by atoms with Crippen LogP contribution in [0.25, 0.3) is 6.08 Å². The Kier molecular flexibility index (Phi) is 4.91. The lowest BCUT2D eigenvalue weighted by Crippen LogP contribution is -2.27. The molecular weight excluding hydrogens is 380 g/mol. The molecule has 1 aliphatic heterocycles. The number of benzene rings is 1. The van der Waals surface area contributed by atoms with Crippen molar-refractivity contribution in [3.63, 3.8) is 0 Å². The number of halogens is 1. The van der Waals surface area contributed by atoms with Gasteiger partial charge >= 0.3 is 0 Å². The van der Waals surface area contributed by atoms with Gasteiger partial charge in [0, 0.05) is 17.4 Å². The van der Waals surface area contributed by atoms with E-state index in [1.165, 1.54) is 31.4 Å². The topological polar surface area (TPSA) is 42.3 Å². The third-order valence-electron chi connectivity index (χ3n) is 5.39. The number of aryl methyl sites for hydroxylation is 1. The van der Waals surface area contributed by atoms with Crippen LogP contribution in [0.4, 0.5) is 10.5 Å². The summed E-state index contributed by atoms with van der Waals surface area (Å²) < 4.78 is 2.39. The molecule has 2 amide bonds. The minimum atomic E-state index is -0.316. The van der Waals surface area contributed by atoms with Gasteiger partial charge in [-0.1, -0.05) is 36.6 Å². The molecule has 1 aromatic carbocycles. The van der Waals surface area contributed by atoms with Gasteiger partial charge < -0.3 is 4.57 Å². The summed E-state index contributed by atoms with van der Waals surface area (Å²) in [4.78, 5) is 26.9. The Hall–Kier alpha value is -1.98. The zero-order valence-electron chi connectivity index (χ0n) is 15.4. The monoisotopic (exact) mass is 400 g/mol. The number of anilines is 1. The molecule has 2 heterocycles.